The van der Waals surface area contributed by atoms with Gasteiger partial charge in [0.05, 0.1) is 12.7 Å². The van der Waals surface area contributed by atoms with Crippen LogP contribution in [-0.2, 0) is 16.1 Å². The third kappa shape index (κ3) is 3.99. The topological polar surface area (TPSA) is 55.8 Å². The molecule has 0 radical (unpaired) electrons. The molecule has 0 N–H and O–H groups in total. The summed E-state index contributed by atoms with van der Waals surface area (Å²) in [5.74, 6) is -0.230. The van der Waals surface area contributed by atoms with Crippen LogP contribution in [0.5, 0.6) is 5.75 Å². The number of esters is 1. The first-order valence-corrected chi connectivity index (χ1v) is 8.83. The third-order valence-corrected chi connectivity index (χ3v) is 4.64. The molecule has 1 heterocycles. The Kier molecular flexibility index (Phi) is 5.78. The minimum absolute atomic E-state index is 0.193. The molecule has 0 aromatic heterocycles. The molecule has 1 fully saturated rings. The molecule has 6 heteroatoms. The van der Waals surface area contributed by atoms with Crippen LogP contribution >= 0.6 is 11.6 Å². The molecule has 26 heavy (non-hydrogen) atoms. The van der Waals surface area contributed by atoms with Gasteiger partial charge in [0.15, 0.2) is 0 Å². The van der Waals surface area contributed by atoms with Crippen molar-refractivity contribution in [2.24, 2.45) is 0 Å². The van der Waals surface area contributed by atoms with Gasteiger partial charge in [-0.3, -0.25) is 4.79 Å². The summed E-state index contributed by atoms with van der Waals surface area (Å²) in [5.41, 5.74) is 1.26. The summed E-state index contributed by atoms with van der Waals surface area (Å²) in [6, 6.07) is 13.7. The Morgan fingerprint density at radius 3 is 2.69 bits per heavy atom. The third-order valence-electron chi connectivity index (χ3n) is 4.40. The summed E-state index contributed by atoms with van der Waals surface area (Å²) >= 11 is 6.02. The SMILES string of the molecule is COc1ccc(Cl)cc1C(=O)N1CCC[C@H]1C(=O)OCc1ccccc1. The summed E-state index contributed by atoms with van der Waals surface area (Å²) < 4.78 is 10.7. The lowest BCUT2D eigenvalue weighted by Gasteiger charge is -2.24. The van der Waals surface area contributed by atoms with Crippen LogP contribution in [0.4, 0.5) is 0 Å². The van der Waals surface area contributed by atoms with Gasteiger partial charge in [0.25, 0.3) is 5.91 Å². The quantitative estimate of drug-likeness (QED) is 0.750. The van der Waals surface area contributed by atoms with Crippen LogP contribution < -0.4 is 4.74 Å². The van der Waals surface area contributed by atoms with Crippen LogP contribution in [0, 0.1) is 0 Å². The molecule has 1 atom stereocenters. The zero-order valence-electron chi connectivity index (χ0n) is 14.5. The predicted molar refractivity (Wildman–Crippen MR) is 98.3 cm³/mol. The lowest BCUT2D eigenvalue weighted by molar-refractivity contribution is -0.149. The first-order chi connectivity index (χ1) is 12.6. The fourth-order valence-electron chi connectivity index (χ4n) is 3.08. The van der Waals surface area contributed by atoms with Gasteiger partial charge in [0.2, 0.25) is 0 Å². The summed E-state index contributed by atoms with van der Waals surface area (Å²) in [4.78, 5) is 27.0. The number of carbonyl (C=O) groups excluding carboxylic acids is 2. The first-order valence-electron chi connectivity index (χ1n) is 8.45. The Morgan fingerprint density at radius 1 is 1.19 bits per heavy atom. The molecule has 0 aliphatic carbocycles. The van der Waals surface area contributed by atoms with Crippen molar-refractivity contribution in [1.82, 2.24) is 4.90 Å². The first kappa shape index (κ1) is 18.3. The monoisotopic (exact) mass is 373 g/mol. The predicted octanol–water partition coefficient (Wildman–Crippen LogP) is 3.70. The second-order valence-electron chi connectivity index (χ2n) is 6.09. The summed E-state index contributed by atoms with van der Waals surface area (Å²) in [7, 11) is 1.50. The number of nitrogens with zero attached hydrogens (tertiary/aromatic N) is 1. The average molecular weight is 374 g/mol. The summed E-state index contributed by atoms with van der Waals surface area (Å²) in [6.07, 6.45) is 1.34. The van der Waals surface area contributed by atoms with Gasteiger partial charge in [-0.2, -0.15) is 0 Å². The van der Waals surface area contributed by atoms with Gasteiger partial charge >= 0.3 is 5.97 Å². The number of ether oxygens (including phenoxy) is 2. The van der Waals surface area contributed by atoms with Crippen LogP contribution in [-0.4, -0.2) is 36.5 Å². The van der Waals surface area contributed by atoms with Crippen molar-refractivity contribution in [2.45, 2.75) is 25.5 Å². The second-order valence-corrected chi connectivity index (χ2v) is 6.53. The summed E-state index contributed by atoms with van der Waals surface area (Å²) in [6.45, 7) is 0.693. The number of amides is 1. The highest BCUT2D eigenvalue weighted by Gasteiger charge is 2.36. The van der Waals surface area contributed by atoms with Gasteiger partial charge in [0.1, 0.15) is 18.4 Å². The van der Waals surface area contributed by atoms with Crippen molar-refractivity contribution in [2.75, 3.05) is 13.7 Å². The largest absolute Gasteiger partial charge is 0.496 e. The molecule has 3 rings (SSSR count). The van der Waals surface area contributed by atoms with Crippen LogP contribution in [0.15, 0.2) is 48.5 Å². The number of hydrogen-bond donors (Lipinski definition) is 0. The molecule has 0 spiro atoms. The van der Waals surface area contributed by atoms with E-state index in [0.29, 0.717) is 29.3 Å². The van der Waals surface area contributed by atoms with Gasteiger partial charge in [-0.1, -0.05) is 41.9 Å². The van der Waals surface area contributed by atoms with Crippen molar-refractivity contribution >= 4 is 23.5 Å². The number of methoxy groups -OCH3 is 1. The van der Waals surface area contributed by atoms with E-state index in [1.807, 2.05) is 30.3 Å². The maximum Gasteiger partial charge on any atom is 0.329 e. The van der Waals surface area contributed by atoms with Crippen molar-refractivity contribution in [1.29, 1.82) is 0 Å². The number of halogens is 1. The molecule has 0 saturated carbocycles. The van der Waals surface area contributed by atoms with Gasteiger partial charge in [-0.25, -0.2) is 4.79 Å². The van der Waals surface area contributed by atoms with E-state index in [2.05, 4.69) is 0 Å². The average Bonchev–Trinajstić information content (AvgIpc) is 3.16. The lowest BCUT2D eigenvalue weighted by atomic mass is 10.1. The zero-order valence-corrected chi connectivity index (χ0v) is 15.2. The highest BCUT2D eigenvalue weighted by molar-refractivity contribution is 6.31. The fraction of sp³-hybridized carbons (Fsp3) is 0.300. The molecular formula is C20H20ClNO4. The molecular weight excluding hydrogens is 354 g/mol. The Hall–Kier alpha value is -2.53. The van der Waals surface area contributed by atoms with Gasteiger partial charge < -0.3 is 14.4 Å². The van der Waals surface area contributed by atoms with Crippen molar-refractivity contribution in [3.8, 4) is 5.75 Å². The van der Waals surface area contributed by atoms with E-state index in [1.54, 1.807) is 23.1 Å². The normalized spacial score (nSPS) is 16.4. The highest BCUT2D eigenvalue weighted by Crippen LogP contribution is 2.28. The Labute approximate surface area is 157 Å². The Bertz CT molecular complexity index is 794. The zero-order chi connectivity index (χ0) is 18.5. The maximum atomic E-state index is 12.9. The molecule has 5 nitrogen and oxygen atoms in total. The number of likely N-dealkylation sites (tertiary alicyclic amines) is 1. The standard InChI is InChI=1S/C20H20ClNO4/c1-25-18-10-9-15(21)12-16(18)19(23)22-11-5-8-17(22)20(24)26-13-14-6-3-2-4-7-14/h2-4,6-7,9-10,12,17H,5,8,11,13H2,1H3/t17-/m0/s1. The van der Waals surface area contributed by atoms with E-state index in [9.17, 15) is 9.59 Å². The molecule has 0 bridgehead atoms. The van der Waals surface area contributed by atoms with E-state index in [4.69, 9.17) is 21.1 Å². The lowest BCUT2D eigenvalue weighted by Crippen LogP contribution is -2.41. The Morgan fingerprint density at radius 2 is 1.96 bits per heavy atom. The van der Waals surface area contributed by atoms with E-state index in [0.717, 1.165) is 12.0 Å². The van der Waals surface area contributed by atoms with Crippen LogP contribution in [0.3, 0.4) is 0 Å². The van der Waals surface area contributed by atoms with Crippen molar-refractivity contribution in [3.63, 3.8) is 0 Å². The minimum Gasteiger partial charge on any atom is -0.496 e. The molecule has 1 amide bonds. The minimum atomic E-state index is -0.588. The number of carbonyl (C=O) groups is 2. The van der Waals surface area contributed by atoms with Crippen molar-refractivity contribution < 1.29 is 19.1 Å². The molecule has 2 aromatic rings. The van der Waals surface area contributed by atoms with E-state index < -0.39 is 6.04 Å². The van der Waals surface area contributed by atoms with E-state index >= 15 is 0 Å². The van der Waals surface area contributed by atoms with Crippen LogP contribution in [0.2, 0.25) is 5.02 Å². The van der Waals surface area contributed by atoms with E-state index in [-0.39, 0.29) is 18.5 Å². The smallest absolute Gasteiger partial charge is 0.329 e. The van der Waals surface area contributed by atoms with Crippen LogP contribution in [0.25, 0.3) is 0 Å². The Balaban J connectivity index is 1.72. The number of benzene rings is 2. The van der Waals surface area contributed by atoms with Gasteiger partial charge in [-0.15, -0.1) is 0 Å². The highest BCUT2D eigenvalue weighted by atomic mass is 35.5. The summed E-state index contributed by atoms with van der Waals surface area (Å²) in [5, 5.41) is 0.441. The molecule has 1 aliphatic heterocycles. The maximum absolute atomic E-state index is 12.9. The second kappa shape index (κ2) is 8.23. The van der Waals surface area contributed by atoms with Gasteiger partial charge in [-0.05, 0) is 36.6 Å². The number of hydrogen-bond acceptors (Lipinski definition) is 4. The fourth-order valence-corrected chi connectivity index (χ4v) is 3.25. The van der Waals surface area contributed by atoms with Gasteiger partial charge in [0, 0.05) is 11.6 Å². The number of rotatable bonds is 5. The molecule has 2 aromatic carbocycles. The molecule has 0 unspecified atom stereocenters. The molecule has 1 aliphatic rings. The van der Waals surface area contributed by atoms with E-state index in [1.165, 1.54) is 7.11 Å². The van der Waals surface area contributed by atoms with Crippen molar-refractivity contribution in [3.05, 3.63) is 64.7 Å². The van der Waals surface area contributed by atoms with Crippen LogP contribution in [0.1, 0.15) is 28.8 Å². The molecule has 1 saturated heterocycles. The molecule has 136 valence electrons.